The maximum Gasteiger partial charge on any atom is 0.192 e. The van der Waals surface area contributed by atoms with Crippen LogP contribution in [0.2, 0.25) is 37.8 Å². The van der Waals surface area contributed by atoms with E-state index in [0.717, 1.165) is 12.8 Å². The van der Waals surface area contributed by atoms with Gasteiger partial charge in [0.25, 0.3) is 0 Å². The first-order valence-corrected chi connectivity index (χ1v) is 14.9. The summed E-state index contributed by atoms with van der Waals surface area (Å²) in [6, 6.07) is 0. The summed E-state index contributed by atoms with van der Waals surface area (Å²) in [5.74, 6) is 0. The van der Waals surface area contributed by atoms with E-state index in [0.29, 0.717) is 6.61 Å². The van der Waals surface area contributed by atoms with Crippen LogP contribution in [0.25, 0.3) is 0 Å². The Morgan fingerprint density at radius 1 is 1.00 bits per heavy atom. The second kappa shape index (κ2) is 9.81. The van der Waals surface area contributed by atoms with Crippen LogP contribution in [0.5, 0.6) is 0 Å². The van der Waals surface area contributed by atoms with Gasteiger partial charge in [-0.05, 0) is 56.7 Å². The van der Waals surface area contributed by atoms with E-state index in [4.69, 9.17) is 13.6 Å². The van der Waals surface area contributed by atoms with Crippen LogP contribution in [0.3, 0.4) is 0 Å². The lowest BCUT2D eigenvalue weighted by molar-refractivity contribution is 0.214. The van der Waals surface area contributed by atoms with Crippen LogP contribution in [0, 0.1) is 0 Å². The van der Waals surface area contributed by atoms with Crippen molar-refractivity contribution in [1.29, 1.82) is 0 Å². The average Bonchev–Trinajstić information content (AvgIpc) is 2.36. The third-order valence-electron chi connectivity index (χ3n) is 4.07. The van der Waals surface area contributed by atoms with Gasteiger partial charge in [-0.2, -0.15) is 0 Å². The highest BCUT2D eigenvalue weighted by Crippen LogP contribution is 2.37. The van der Waals surface area contributed by atoms with E-state index in [1.165, 1.54) is 0 Å². The fraction of sp³-hybridized carbons (Fsp3) is 0.778. The molecular weight excluding hydrogens is 320 g/mol. The average molecular weight is 359 g/mol. The van der Waals surface area contributed by atoms with Crippen LogP contribution in [-0.4, -0.2) is 36.5 Å². The minimum Gasteiger partial charge on any atom is -0.505 e. The van der Waals surface area contributed by atoms with Gasteiger partial charge in [0, 0.05) is 0 Å². The molecule has 0 saturated carbocycles. The Labute approximate surface area is 146 Å². The summed E-state index contributed by atoms with van der Waals surface area (Å²) < 4.78 is 17.4. The zero-order chi connectivity index (χ0) is 18.1. The van der Waals surface area contributed by atoms with E-state index in [9.17, 15) is 0 Å². The lowest BCUT2D eigenvalue weighted by Gasteiger charge is -2.38. The Balaban J connectivity index is 4.74. The normalized spacial score (nSPS) is 15.5. The fourth-order valence-electron chi connectivity index (χ4n) is 1.68. The zero-order valence-electron chi connectivity index (χ0n) is 16.7. The molecule has 0 N–H and O–H groups in total. The molecule has 1 unspecified atom stereocenters. The minimum atomic E-state index is -1.77. The van der Waals surface area contributed by atoms with Crippen molar-refractivity contribution in [3.63, 3.8) is 0 Å². The standard InChI is InChI=1S/C18H38O3Si2/c1-18(2,3)23(8,9)21-17(13-10-11-15-19-4)14-12-16-20-22(5,6)7/h11-12,14-15,17H,10,13,16H2,1-9H3/b14-12+,15-11-. The molecule has 1 atom stereocenters. The molecule has 0 bridgehead atoms. The second-order valence-electron chi connectivity index (χ2n) is 8.45. The van der Waals surface area contributed by atoms with Crippen molar-refractivity contribution in [2.45, 2.75) is 77.5 Å². The number of rotatable bonds is 10. The first kappa shape index (κ1) is 22.6. The smallest absolute Gasteiger partial charge is 0.192 e. The molecule has 0 spiro atoms. The van der Waals surface area contributed by atoms with Crippen LogP contribution >= 0.6 is 0 Å². The molecule has 3 nitrogen and oxygen atoms in total. The summed E-state index contributed by atoms with van der Waals surface area (Å²) in [5.41, 5.74) is 0. The predicted molar refractivity (Wildman–Crippen MR) is 106 cm³/mol. The molecule has 0 aliphatic rings. The van der Waals surface area contributed by atoms with Crippen molar-refractivity contribution in [1.82, 2.24) is 0 Å². The maximum atomic E-state index is 6.55. The van der Waals surface area contributed by atoms with Gasteiger partial charge in [0.2, 0.25) is 0 Å². The van der Waals surface area contributed by atoms with E-state index in [2.05, 4.69) is 71.7 Å². The zero-order valence-corrected chi connectivity index (χ0v) is 18.7. The molecule has 0 aliphatic carbocycles. The maximum absolute atomic E-state index is 6.55. The van der Waals surface area contributed by atoms with Gasteiger partial charge in [0.1, 0.15) is 0 Å². The van der Waals surface area contributed by atoms with E-state index < -0.39 is 16.6 Å². The van der Waals surface area contributed by atoms with Crippen molar-refractivity contribution in [2.75, 3.05) is 13.7 Å². The first-order chi connectivity index (χ1) is 10.4. The molecule has 0 aromatic carbocycles. The molecule has 0 aromatic heterocycles. The van der Waals surface area contributed by atoms with E-state index in [1.807, 2.05) is 0 Å². The van der Waals surface area contributed by atoms with Crippen LogP contribution in [-0.2, 0) is 13.6 Å². The summed E-state index contributed by atoms with van der Waals surface area (Å²) in [6.45, 7) is 18.7. The Hall–Kier alpha value is -0.366. The SMILES string of the molecule is CO/C=C\CCC(/C=C/CO[Si](C)(C)C)O[Si](C)(C)C(C)(C)C. The lowest BCUT2D eigenvalue weighted by atomic mass is 10.2. The fourth-order valence-corrected chi connectivity index (χ4v) is 3.58. The molecule has 0 heterocycles. The van der Waals surface area contributed by atoms with Crippen molar-refractivity contribution >= 4 is 16.6 Å². The van der Waals surface area contributed by atoms with Gasteiger partial charge in [-0.15, -0.1) is 0 Å². The largest absolute Gasteiger partial charge is 0.505 e. The van der Waals surface area contributed by atoms with Crippen molar-refractivity contribution in [2.24, 2.45) is 0 Å². The molecule has 23 heavy (non-hydrogen) atoms. The molecule has 0 rings (SSSR count). The number of hydrogen-bond acceptors (Lipinski definition) is 3. The molecule has 0 radical (unpaired) electrons. The molecule has 136 valence electrons. The summed E-state index contributed by atoms with van der Waals surface area (Å²) in [6.07, 6.45) is 10.2. The number of ether oxygens (including phenoxy) is 1. The predicted octanol–water partition coefficient (Wildman–Crippen LogP) is 5.72. The summed E-state index contributed by atoms with van der Waals surface area (Å²) in [7, 11) is -1.55. The van der Waals surface area contributed by atoms with Gasteiger partial charge in [-0.25, -0.2) is 0 Å². The van der Waals surface area contributed by atoms with Crippen LogP contribution in [0.1, 0.15) is 33.6 Å². The Morgan fingerprint density at radius 3 is 2.09 bits per heavy atom. The Morgan fingerprint density at radius 2 is 1.61 bits per heavy atom. The van der Waals surface area contributed by atoms with Gasteiger partial charge < -0.3 is 13.6 Å². The van der Waals surface area contributed by atoms with Crippen molar-refractivity contribution < 1.29 is 13.6 Å². The van der Waals surface area contributed by atoms with Gasteiger partial charge in [-0.1, -0.05) is 32.9 Å². The van der Waals surface area contributed by atoms with Crippen molar-refractivity contribution in [3.8, 4) is 0 Å². The molecular formula is C18H38O3Si2. The number of hydrogen-bond donors (Lipinski definition) is 0. The summed E-state index contributed by atoms with van der Waals surface area (Å²) >= 11 is 0. The first-order valence-electron chi connectivity index (χ1n) is 8.55. The van der Waals surface area contributed by atoms with Gasteiger partial charge in [0.05, 0.1) is 26.1 Å². The minimum absolute atomic E-state index is 0.141. The van der Waals surface area contributed by atoms with Crippen molar-refractivity contribution in [3.05, 3.63) is 24.5 Å². The highest BCUT2D eigenvalue weighted by molar-refractivity contribution is 6.74. The number of methoxy groups -OCH3 is 1. The highest BCUT2D eigenvalue weighted by Gasteiger charge is 2.38. The third-order valence-corrected chi connectivity index (χ3v) is 9.60. The molecule has 0 amide bonds. The van der Waals surface area contributed by atoms with Gasteiger partial charge in [-0.3, -0.25) is 0 Å². The Bertz CT molecular complexity index is 377. The summed E-state index contributed by atoms with van der Waals surface area (Å²) in [4.78, 5) is 0. The van der Waals surface area contributed by atoms with E-state index >= 15 is 0 Å². The molecule has 0 aliphatic heterocycles. The summed E-state index contributed by atoms with van der Waals surface area (Å²) in [5, 5.41) is 0.219. The van der Waals surface area contributed by atoms with Crippen LogP contribution in [0.4, 0.5) is 0 Å². The lowest BCUT2D eigenvalue weighted by Crippen LogP contribution is -2.43. The third kappa shape index (κ3) is 10.9. The molecule has 0 saturated heterocycles. The van der Waals surface area contributed by atoms with Crippen LogP contribution < -0.4 is 0 Å². The quantitative estimate of drug-likeness (QED) is 0.284. The van der Waals surface area contributed by atoms with Gasteiger partial charge in [0.15, 0.2) is 16.6 Å². The highest BCUT2D eigenvalue weighted by atomic mass is 28.4. The second-order valence-corrected chi connectivity index (χ2v) is 17.7. The van der Waals surface area contributed by atoms with Gasteiger partial charge >= 0.3 is 0 Å². The monoisotopic (exact) mass is 358 g/mol. The molecule has 5 heteroatoms. The molecule has 0 aromatic rings. The van der Waals surface area contributed by atoms with E-state index in [1.54, 1.807) is 13.4 Å². The Kier molecular flexibility index (Phi) is 9.66. The van der Waals surface area contributed by atoms with E-state index in [-0.39, 0.29) is 11.1 Å². The topological polar surface area (TPSA) is 27.7 Å². The van der Waals surface area contributed by atoms with Crippen LogP contribution in [0.15, 0.2) is 24.5 Å². The molecule has 0 fully saturated rings. The number of allylic oxidation sites excluding steroid dienone is 1.